The van der Waals surface area contributed by atoms with E-state index in [1.165, 1.54) is 6.07 Å². The van der Waals surface area contributed by atoms with Crippen molar-refractivity contribution >= 4 is 7.32 Å². The molecule has 1 aromatic heterocycles. The van der Waals surface area contributed by atoms with Crippen LogP contribution in [0.15, 0.2) is 18.3 Å². The second-order valence-electron chi connectivity index (χ2n) is 1.67. The first kappa shape index (κ1) is 6.57. The maximum Gasteiger partial charge on any atom is 0.707 e. The number of rotatable bonds is 2. The third-order valence-corrected chi connectivity index (χ3v) is 0.908. The van der Waals surface area contributed by atoms with Gasteiger partial charge in [-0.3, -0.25) is 0 Å². The van der Waals surface area contributed by atoms with Crippen molar-refractivity contribution in [1.29, 1.82) is 0 Å². The first-order valence-electron chi connectivity index (χ1n) is 3.25. The Balaban J connectivity index is 2.86. The molecule has 1 rings (SSSR count). The zero-order valence-corrected chi connectivity index (χ0v) is 5.36. The molecule has 0 saturated carbocycles. The summed E-state index contributed by atoms with van der Waals surface area (Å²) in [4.78, 5) is 3.08. The van der Waals surface area contributed by atoms with Crippen LogP contribution in [0.5, 0.6) is 5.75 Å². The minimum absolute atomic E-state index is 0.257. The van der Waals surface area contributed by atoms with Gasteiger partial charge in [0.1, 0.15) is 0 Å². The molecule has 58 valence electrons. The van der Waals surface area contributed by atoms with Crippen molar-refractivity contribution < 1.29 is 20.5 Å². The van der Waals surface area contributed by atoms with Crippen LogP contribution in [0.4, 0.5) is 4.39 Å². The Morgan fingerprint density at radius 2 is 2.45 bits per heavy atom. The van der Waals surface area contributed by atoms with Crippen molar-refractivity contribution in [3.8, 4) is 5.75 Å². The summed E-state index contributed by atoms with van der Waals surface area (Å²) in [7, 11) is -2.09. The molecule has 1 heterocycles. The molecule has 0 amide bonds. The molecule has 0 bridgehead atoms. The summed E-state index contributed by atoms with van der Waals surface area (Å²) >= 11 is 0. The lowest BCUT2D eigenvalue weighted by Gasteiger charge is -2.02. The van der Waals surface area contributed by atoms with E-state index in [1.54, 1.807) is 0 Å². The second-order valence-corrected chi connectivity index (χ2v) is 1.67. The topological polar surface area (TPSA) is 62.6 Å². The monoisotopic (exact) mass is 158 g/mol. The second kappa shape index (κ2) is 3.31. The molecule has 0 fully saturated rings. The van der Waals surface area contributed by atoms with E-state index in [9.17, 15) is 4.39 Å². The molecule has 0 aliphatic carbocycles. The first-order valence-corrected chi connectivity index (χ1v) is 2.75. The average Bonchev–Trinajstić information content (AvgIpc) is 1.94. The number of aromatic nitrogens is 1. The maximum absolute atomic E-state index is 12.6. The van der Waals surface area contributed by atoms with Crippen molar-refractivity contribution in [2.45, 2.75) is 0 Å². The quantitative estimate of drug-likeness (QED) is 0.452. The Kier molecular flexibility index (Phi) is 1.98. The van der Waals surface area contributed by atoms with E-state index < -0.39 is 19.0 Å². The molecule has 4 nitrogen and oxygen atoms in total. The Labute approximate surface area is 63.9 Å². The fourth-order valence-corrected chi connectivity index (χ4v) is 0.532. The highest BCUT2D eigenvalue weighted by molar-refractivity contribution is 6.33. The number of nitrogens with zero attached hydrogens (tertiary/aromatic N) is 1. The summed E-state index contributed by atoms with van der Waals surface area (Å²) in [5, 5.41) is 16.6. The van der Waals surface area contributed by atoms with Gasteiger partial charge in [0.15, 0.2) is 5.75 Å². The van der Waals surface area contributed by atoms with Gasteiger partial charge in [0.05, 0.1) is 1.37 Å². The molecule has 0 aliphatic heterocycles. The van der Waals surface area contributed by atoms with Crippen molar-refractivity contribution in [2.24, 2.45) is 0 Å². The van der Waals surface area contributed by atoms with Crippen LogP contribution in [-0.4, -0.2) is 22.4 Å². The number of pyridine rings is 1. The SMILES string of the molecule is [2H]c1ccc(OB(O)O)c(F)n1. The normalized spacial score (nSPS) is 10.6. The van der Waals surface area contributed by atoms with E-state index >= 15 is 0 Å². The van der Waals surface area contributed by atoms with Crippen LogP contribution < -0.4 is 4.65 Å². The highest BCUT2D eigenvalue weighted by Crippen LogP contribution is 2.12. The van der Waals surface area contributed by atoms with Gasteiger partial charge in [-0.25, -0.2) is 4.98 Å². The van der Waals surface area contributed by atoms with Crippen molar-refractivity contribution in [2.75, 3.05) is 0 Å². The Morgan fingerprint density at radius 1 is 1.73 bits per heavy atom. The van der Waals surface area contributed by atoms with Crippen molar-refractivity contribution in [3.05, 3.63) is 24.3 Å². The molecule has 2 N–H and O–H groups in total. The molecule has 0 aromatic carbocycles. The van der Waals surface area contributed by atoms with Gasteiger partial charge in [-0.2, -0.15) is 4.39 Å². The predicted octanol–water partition coefficient (Wildman–Crippen LogP) is -0.431. The van der Waals surface area contributed by atoms with Gasteiger partial charge >= 0.3 is 7.32 Å². The zero-order valence-electron chi connectivity index (χ0n) is 6.36. The summed E-state index contributed by atoms with van der Waals surface area (Å²) in [6.07, 6.45) is -0.257. The number of hydrogen-bond donors (Lipinski definition) is 2. The van der Waals surface area contributed by atoms with E-state index in [2.05, 4.69) is 9.64 Å². The van der Waals surface area contributed by atoms with Crippen molar-refractivity contribution in [1.82, 2.24) is 4.98 Å². The Morgan fingerprint density at radius 3 is 3.00 bits per heavy atom. The van der Waals surface area contributed by atoms with Gasteiger partial charge in [0, 0.05) is 6.17 Å². The third kappa shape index (κ3) is 2.17. The number of hydrogen-bond acceptors (Lipinski definition) is 4. The molecular formula is C5H5BFNO3. The van der Waals surface area contributed by atoms with Crippen LogP contribution in [0.3, 0.4) is 0 Å². The fourth-order valence-electron chi connectivity index (χ4n) is 0.532. The first-order chi connectivity index (χ1) is 5.59. The van der Waals surface area contributed by atoms with Crippen LogP contribution in [0.25, 0.3) is 0 Å². The van der Waals surface area contributed by atoms with Crippen LogP contribution in [0.1, 0.15) is 1.37 Å². The fraction of sp³-hybridized carbons (Fsp3) is 0. The van der Waals surface area contributed by atoms with E-state index in [0.29, 0.717) is 0 Å². The van der Waals surface area contributed by atoms with Crippen LogP contribution in [0, 0.1) is 5.95 Å². The van der Waals surface area contributed by atoms with E-state index in [-0.39, 0.29) is 6.17 Å². The highest BCUT2D eigenvalue weighted by atomic mass is 19.1. The molecule has 0 aliphatic rings. The van der Waals surface area contributed by atoms with Crippen molar-refractivity contribution in [3.63, 3.8) is 0 Å². The molecule has 6 heteroatoms. The van der Waals surface area contributed by atoms with Gasteiger partial charge in [-0.05, 0) is 12.1 Å². The predicted molar refractivity (Wildman–Crippen MR) is 35.0 cm³/mol. The van der Waals surface area contributed by atoms with Gasteiger partial charge in [0.25, 0.3) is 5.95 Å². The average molecular weight is 158 g/mol. The summed E-state index contributed by atoms with van der Waals surface area (Å²) in [6.45, 7) is 0. The summed E-state index contributed by atoms with van der Waals surface area (Å²) in [5.74, 6) is -1.45. The maximum atomic E-state index is 12.6. The minimum Gasteiger partial charge on any atom is -0.508 e. The standard InChI is InChI=1S/C5H5BFNO3/c7-5-4(11-6(9)10)2-1-3-8-5/h1-3,9-10H/i3D. The van der Waals surface area contributed by atoms with Crippen LogP contribution in [0.2, 0.25) is 0 Å². The molecule has 0 atom stereocenters. The molecular weight excluding hydrogens is 152 g/mol. The molecule has 0 saturated heterocycles. The lowest BCUT2D eigenvalue weighted by atomic mass is 10.2. The third-order valence-electron chi connectivity index (χ3n) is 0.908. The van der Waals surface area contributed by atoms with Crippen LogP contribution >= 0.6 is 0 Å². The smallest absolute Gasteiger partial charge is 0.508 e. The van der Waals surface area contributed by atoms with E-state index in [0.717, 1.165) is 6.07 Å². The van der Waals surface area contributed by atoms with Crippen LogP contribution in [-0.2, 0) is 0 Å². The lowest BCUT2D eigenvalue weighted by Crippen LogP contribution is -2.21. The highest BCUT2D eigenvalue weighted by Gasteiger charge is 2.14. The molecule has 0 unspecified atom stereocenters. The van der Waals surface area contributed by atoms with Gasteiger partial charge < -0.3 is 14.7 Å². The Bertz CT molecular complexity index is 285. The lowest BCUT2D eigenvalue weighted by molar-refractivity contribution is 0.280. The summed E-state index contributed by atoms with van der Waals surface area (Å²) in [5.41, 5.74) is 0. The van der Waals surface area contributed by atoms with E-state index in [4.69, 9.17) is 11.4 Å². The zero-order chi connectivity index (χ0) is 9.14. The van der Waals surface area contributed by atoms with Gasteiger partial charge in [0.2, 0.25) is 0 Å². The summed E-state index contributed by atoms with van der Waals surface area (Å²) in [6, 6.07) is 2.25. The Hall–Kier alpha value is -1.14. The molecule has 0 spiro atoms. The van der Waals surface area contributed by atoms with Gasteiger partial charge in [-0.1, -0.05) is 0 Å². The molecule has 1 aromatic rings. The molecule has 0 radical (unpaired) electrons. The number of halogens is 1. The van der Waals surface area contributed by atoms with Gasteiger partial charge in [-0.15, -0.1) is 0 Å². The molecule has 11 heavy (non-hydrogen) atoms. The largest absolute Gasteiger partial charge is 0.707 e. The van der Waals surface area contributed by atoms with E-state index in [1.807, 2.05) is 0 Å². The minimum atomic E-state index is -2.09. The summed E-state index contributed by atoms with van der Waals surface area (Å²) < 4.78 is 23.7.